The van der Waals surface area contributed by atoms with Crippen molar-refractivity contribution in [3.8, 4) is 6.07 Å². The maximum Gasteiger partial charge on any atom is 0.534 e. The van der Waals surface area contributed by atoms with E-state index in [0.29, 0.717) is 5.56 Å². The first-order valence-corrected chi connectivity index (χ1v) is 7.61. The molecule has 0 atom stereocenters. The minimum Gasteiger partial charge on any atom is -0.436 e. The Labute approximate surface area is 146 Å². The second-order valence-electron chi connectivity index (χ2n) is 4.47. The van der Waals surface area contributed by atoms with Gasteiger partial charge in [0.25, 0.3) is 5.69 Å². The van der Waals surface area contributed by atoms with Crippen LogP contribution < -0.4 is 0 Å². The monoisotopic (exact) mass is 357 g/mol. The third-order valence-corrected chi connectivity index (χ3v) is 3.91. The zero-order chi connectivity index (χ0) is 18.2. The number of hydrogen-bond donors (Lipinski definition) is 0. The van der Waals surface area contributed by atoms with Gasteiger partial charge in [-0.2, -0.15) is 5.26 Å². The van der Waals surface area contributed by atoms with E-state index in [2.05, 4.69) is 14.7 Å². The average molecular weight is 357 g/mol. The molecule has 0 aliphatic rings. The maximum atomic E-state index is 10.9. The standard InChI is InChI=1S/C16H11N3O5S/c1-23-16(20)24-18-15(10-17)11-2-6-13(7-3-11)25-14-8-4-12(5-9-14)19(21)22/h2-9H,1H3/b18-15+. The predicted molar refractivity (Wildman–Crippen MR) is 89.3 cm³/mol. The summed E-state index contributed by atoms with van der Waals surface area (Å²) in [5.74, 6) is 0. The molecule has 0 radical (unpaired) electrons. The Kier molecular flexibility index (Phi) is 6.08. The van der Waals surface area contributed by atoms with E-state index in [1.807, 2.05) is 6.07 Å². The van der Waals surface area contributed by atoms with E-state index in [9.17, 15) is 14.9 Å². The molecule has 0 spiro atoms. The third kappa shape index (κ3) is 5.05. The fourth-order valence-corrected chi connectivity index (χ4v) is 2.53. The first-order valence-electron chi connectivity index (χ1n) is 6.79. The van der Waals surface area contributed by atoms with Crippen molar-refractivity contribution in [2.24, 2.45) is 5.16 Å². The lowest BCUT2D eigenvalue weighted by Gasteiger charge is -2.03. The van der Waals surface area contributed by atoms with Crippen molar-refractivity contribution >= 4 is 29.3 Å². The van der Waals surface area contributed by atoms with Crippen LogP contribution in [0.25, 0.3) is 0 Å². The Morgan fingerprint density at radius 1 is 1.16 bits per heavy atom. The molecule has 2 aromatic rings. The summed E-state index contributed by atoms with van der Waals surface area (Å²) in [6.45, 7) is 0. The van der Waals surface area contributed by atoms with Crippen LogP contribution in [0.15, 0.2) is 63.5 Å². The van der Waals surface area contributed by atoms with E-state index in [-0.39, 0.29) is 11.4 Å². The van der Waals surface area contributed by atoms with Gasteiger partial charge >= 0.3 is 6.16 Å². The molecule has 0 aliphatic heterocycles. The predicted octanol–water partition coefficient (Wildman–Crippen LogP) is 3.76. The molecule has 0 unspecified atom stereocenters. The number of carbonyl (C=O) groups is 1. The molecule has 0 saturated carbocycles. The second kappa shape index (κ2) is 8.47. The SMILES string of the molecule is COC(=O)O/N=C(\C#N)c1ccc(Sc2ccc([N+](=O)[O-])cc2)cc1. The van der Waals surface area contributed by atoms with Crippen molar-refractivity contribution in [3.05, 3.63) is 64.2 Å². The molecule has 9 heteroatoms. The average Bonchev–Trinajstić information content (AvgIpc) is 2.63. The van der Waals surface area contributed by atoms with Crippen LogP contribution in [0.2, 0.25) is 0 Å². The summed E-state index contributed by atoms with van der Waals surface area (Å²) < 4.78 is 4.27. The highest BCUT2D eigenvalue weighted by Gasteiger charge is 2.08. The number of benzene rings is 2. The molecule has 0 N–H and O–H groups in total. The lowest BCUT2D eigenvalue weighted by molar-refractivity contribution is -0.384. The number of nitriles is 1. The molecule has 25 heavy (non-hydrogen) atoms. The van der Waals surface area contributed by atoms with E-state index < -0.39 is 11.1 Å². The zero-order valence-corrected chi connectivity index (χ0v) is 13.7. The molecule has 2 rings (SSSR count). The highest BCUT2D eigenvalue weighted by atomic mass is 32.2. The van der Waals surface area contributed by atoms with Crippen molar-refractivity contribution in [3.63, 3.8) is 0 Å². The van der Waals surface area contributed by atoms with Gasteiger partial charge in [-0.05, 0) is 24.3 Å². The van der Waals surface area contributed by atoms with Crippen molar-refractivity contribution in [1.29, 1.82) is 5.26 Å². The molecular weight excluding hydrogens is 346 g/mol. The van der Waals surface area contributed by atoms with Gasteiger partial charge in [0.05, 0.1) is 12.0 Å². The number of oxime groups is 1. The van der Waals surface area contributed by atoms with Gasteiger partial charge in [-0.15, -0.1) is 0 Å². The molecule has 8 nitrogen and oxygen atoms in total. The lowest BCUT2D eigenvalue weighted by atomic mass is 10.1. The fourth-order valence-electron chi connectivity index (χ4n) is 1.71. The van der Waals surface area contributed by atoms with Gasteiger partial charge < -0.3 is 4.74 Å². The Balaban J connectivity index is 2.09. The summed E-state index contributed by atoms with van der Waals surface area (Å²) in [5, 5.41) is 23.1. The van der Waals surface area contributed by atoms with Crippen molar-refractivity contribution in [2.75, 3.05) is 7.11 Å². The van der Waals surface area contributed by atoms with Crippen LogP contribution in [0.3, 0.4) is 0 Å². The Morgan fingerprint density at radius 2 is 1.72 bits per heavy atom. The van der Waals surface area contributed by atoms with Gasteiger partial charge in [0.1, 0.15) is 6.07 Å². The summed E-state index contributed by atoms with van der Waals surface area (Å²) in [6.07, 6.45) is -1.02. The number of non-ortho nitro benzene ring substituents is 1. The van der Waals surface area contributed by atoms with Gasteiger partial charge in [-0.25, -0.2) is 4.79 Å². The molecule has 0 saturated heterocycles. The number of nitro benzene ring substituents is 1. The van der Waals surface area contributed by atoms with E-state index in [0.717, 1.165) is 16.9 Å². The van der Waals surface area contributed by atoms with Crippen LogP contribution in [0.5, 0.6) is 0 Å². The highest BCUT2D eigenvalue weighted by Crippen LogP contribution is 2.29. The normalized spacial score (nSPS) is 10.6. The van der Waals surface area contributed by atoms with Gasteiger partial charge in [0.15, 0.2) is 5.71 Å². The fraction of sp³-hybridized carbons (Fsp3) is 0.0625. The van der Waals surface area contributed by atoms with Crippen LogP contribution in [-0.4, -0.2) is 23.9 Å². The third-order valence-electron chi connectivity index (χ3n) is 2.90. The molecule has 0 fully saturated rings. The Morgan fingerprint density at radius 3 is 2.20 bits per heavy atom. The van der Waals surface area contributed by atoms with E-state index in [1.165, 1.54) is 23.9 Å². The molecule has 0 aliphatic carbocycles. The number of hydrogen-bond acceptors (Lipinski definition) is 8. The molecule has 0 heterocycles. The summed E-state index contributed by atoms with van der Waals surface area (Å²) in [4.78, 5) is 27.2. The van der Waals surface area contributed by atoms with Crippen LogP contribution in [0.1, 0.15) is 5.56 Å². The minimum absolute atomic E-state index is 0.0279. The summed E-state index contributed by atoms with van der Waals surface area (Å²) in [5.41, 5.74) is 0.428. The molecular formula is C16H11N3O5S. The second-order valence-corrected chi connectivity index (χ2v) is 5.62. The molecule has 126 valence electrons. The number of nitro groups is 1. The molecule has 0 amide bonds. The van der Waals surface area contributed by atoms with Crippen LogP contribution >= 0.6 is 11.8 Å². The van der Waals surface area contributed by atoms with Gasteiger partial charge in [0, 0.05) is 27.5 Å². The molecule has 2 aromatic carbocycles. The number of carbonyl (C=O) groups excluding carboxylic acids is 1. The Hall–Kier alpha value is -3.38. The van der Waals surface area contributed by atoms with Crippen LogP contribution in [0, 0.1) is 21.4 Å². The lowest BCUT2D eigenvalue weighted by Crippen LogP contribution is -2.04. The minimum atomic E-state index is -1.02. The largest absolute Gasteiger partial charge is 0.534 e. The number of nitrogens with zero attached hydrogens (tertiary/aromatic N) is 3. The summed E-state index contributed by atoms with van der Waals surface area (Å²) in [6, 6.07) is 14.8. The van der Waals surface area contributed by atoms with Gasteiger partial charge in [-0.1, -0.05) is 29.1 Å². The van der Waals surface area contributed by atoms with Crippen molar-refractivity contribution in [1.82, 2.24) is 0 Å². The smallest absolute Gasteiger partial charge is 0.436 e. The van der Waals surface area contributed by atoms with E-state index in [4.69, 9.17) is 5.26 Å². The topological polar surface area (TPSA) is 115 Å². The first-order chi connectivity index (χ1) is 12.0. The van der Waals surface area contributed by atoms with Crippen LogP contribution in [-0.2, 0) is 9.57 Å². The quantitative estimate of drug-likeness (QED) is 0.263. The van der Waals surface area contributed by atoms with E-state index in [1.54, 1.807) is 36.4 Å². The number of methoxy groups -OCH3 is 1. The highest BCUT2D eigenvalue weighted by molar-refractivity contribution is 7.99. The van der Waals surface area contributed by atoms with E-state index >= 15 is 0 Å². The van der Waals surface area contributed by atoms with Crippen LogP contribution in [0.4, 0.5) is 10.5 Å². The molecule has 0 aromatic heterocycles. The van der Waals surface area contributed by atoms with Crippen molar-refractivity contribution < 1.29 is 19.3 Å². The first kappa shape index (κ1) is 18.0. The van der Waals surface area contributed by atoms with Crippen molar-refractivity contribution in [2.45, 2.75) is 9.79 Å². The zero-order valence-electron chi connectivity index (χ0n) is 12.9. The Bertz CT molecular complexity index is 842. The number of ether oxygens (including phenoxy) is 1. The number of rotatable bonds is 5. The van der Waals surface area contributed by atoms with Gasteiger partial charge in [-0.3, -0.25) is 15.0 Å². The maximum absolute atomic E-state index is 10.9. The molecule has 0 bridgehead atoms. The van der Waals surface area contributed by atoms with Gasteiger partial charge in [0.2, 0.25) is 0 Å². The summed E-state index contributed by atoms with van der Waals surface area (Å²) >= 11 is 1.41. The summed E-state index contributed by atoms with van der Waals surface area (Å²) in [7, 11) is 1.13.